The molecule has 1 amide bonds. The van der Waals surface area contributed by atoms with E-state index in [2.05, 4.69) is 15.0 Å². The van der Waals surface area contributed by atoms with Crippen molar-refractivity contribution in [2.45, 2.75) is 38.3 Å². The third-order valence-electron chi connectivity index (χ3n) is 4.28. The predicted molar refractivity (Wildman–Crippen MR) is 89.4 cm³/mol. The number of hydrogen-bond acceptors (Lipinski definition) is 4. The first-order valence-corrected chi connectivity index (χ1v) is 9.25. The van der Waals surface area contributed by atoms with Gasteiger partial charge in [0.15, 0.2) is 5.69 Å². The molecule has 2 aromatic rings. The Kier molecular flexibility index (Phi) is 4.18. The van der Waals surface area contributed by atoms with Crippen LogP contribution in [-0.4, -0.2) is 29.9 Å². The molecule has 0 radical (unpaired) electrons. The number of benzene rings is 1. The maximum atomic E-state index is 12.5. The molecule has 1 aliphatic heterocycles. The average molecular weight is 348 g/mol. The average Bonchev–Trinajstić information content (AvgIpc) is 2.92. The highest BCUT2D eigenvalue weighted by Gasteiger charge is 2.28. The molecule has 0 spiro atoms. The van der Waals surface area contributed by atoms with Crippen molar-refractivity contribution in [2.24, 2.45) is 5.92 Å². The fourth-order valence-corrected chi connectivity index (χ4v) is 3.69. The number of amides is 1. The van der Waals surface area contributed by atoms with Gasteiger partial charge in [0.1, 0.15) is 11.2 Å². The monoisotopic (exact) mass is 348 g/mol. The van der Waals surface area contributed by atoms with Crippen LogP contribution in [0.4, 0.5) is 0 Å². The van der Waals surface area contributed by atoms with Crippen molar-refractivity contribution in [3.05, 3.63) is 42.0 Å². The van der Waals surface area contributed by atoms with Crippen LogP contribution in [0.2, 0.25) is 0 Å². The minimum atomic E-state index is -3.63. The molecular weight excluding hydrogens is 328 g/mol. The maximum Gasteiger partial charge on any atom is 0.272 e. The van der Waals surface area contributed by atoms with E-state index in [1.165, 1.54) is 12.4 Å². The molecule has 8 heteroatoms. The van der Waals surface area contributed by atoms with Gasteiger partial charge >= 0.3 is 0 Å². The minimum absolute atomic E-state index is 0.00962. The predicted octanol–water partition coefficient (Wildman–Crippen LogP) is 1.44. The van der Waals surface area contributed by atoms with Crippen molar-refractivity contribution in [1.82, 2.24) is 19.6 Å². The van der Waals surface area contributed by atoms with E-state index in [0.29, 0.717) is 11.4 Å². The van der Waals surface area contributed by atoms with E-state index in [0.717, 1.165) is 0 Å². The lowest BCUT2D eigenvalue weighted by molar-refractivity contribution is 0.0924. The molecular formula is C16H20N4O3S. The number of hydrogen-bond donors (Lipinski definition) is 2. The van der Waals surface area contributed by atoms with Crippen LogP contribution < -0.4 is 10.0 Å². The zero-order valence-corrected chi connectivity index (χ0v) is 14.6. The Morgan fingerprint density at radius 1 is 1.29 bits per heavy atom. The number of carbonyl (C=O) groups is 1. The maximum absolute atomic E-state index is 12.5. The zero-order valence-electron chi connectivity index (χ0n) is 13.8. The molecule has 0 fully saturated rings. The third kappa shape index (κ3) is 2.83. The van der Waals surface area contributed by atoms with Gasteiger partial charge in [-0.1, -0.05) is 26.0 Å². The van der Waals surface area contributed by atoms with E-state index >= 15 is 0 Å². The normalized spacial score (nSPS) is 16.8. The van der Waals surface area contributed by atoms with Crippen molar-refractivity contribution < 1.29 is 13.2 Å². The van der Waals surface area contributed by atoms with Crippen molar-refractivity contribution in [2.75, 3.05) is 0 Å². The smallest absolute Gasteiger partial charge is 0.272 e. The minimum Gasteiger partial charge on any atom is -0.348 e. The number of aromatic nitrogens is 2. The Bertz CT molecular complexity index is 886. The van der Waals surface area contributed by atoms with E-state index in [-0.39, 0.29) is 35.0 Å². The first-order valence-electron chi connectivity index (χ1n) is 7.77. The summed E-state index contributed by atoms with van der Waals surface area (Å²) >= 11 is 0. The Balaban J connectivity index is 2.05. The number of para-hydroxylation sites is 1. The molecule has 1 unspecified atom stereocenters. The summed E-state index contributed by atoms with van der Waals surface area (Å²) in [5.74, 6) is -0.0158. The van der Waals surface area contributed by atoms with Crippen molar-refractivity contribution >= 4 is 15.9 Å². The number of fused-ring (bicyclic) bond motifs is 3. The molecule has 0 bridgehead atoms. The summed E-state index contributed by atoms with van der Waals surface area (Å²) in [5.41, 5.74) is 1.25. The van der Waals surface area contributed by atoms with Gasteiger partial charge in [-0.15, -0.1) is 0 Å². The number of nitrogens with one attached hydrogen (secondary N) is 2. The fraction of sp³-hybridized carbons (Fsp3) is 0.375. The van der Waals surface area contributed by atoms with Gasteiger partial charge in [-0.2, -0.15) is 0 Å². The summed E-state index contributed by atoms with van der Waals surface area (Å²) in [6.07, 6.45) is 1.49. The molecule has 1 aromatic heterocycles. The van der Waals surface area contributed by atoms with Crippen molar-refractivity contribution in [3.8, 4) is 5.69 Å². The molecule has 24 heavy (non-hydrogen) atoms. The molecule has 3 rings (SSSR count). The van der Waals surface area contributed by atoms with E-state index in [1.54, 1.807) is 22.8 Å². The molecule has 0 saturated heterocycles. The van der Waals surface area contributed by atoms with Crippen molar-refractivity contribution in [3.63, 3.8) is 0 Å². The lowest BCUT2D eigenvalue weighted by atomic mass is 10.1. The SMILES string of the molecule is CC(C)C(C)NC(=O)c1ncn2c1CNS(=O)(=O)c1ccccc1-2. The van der Waals surface area contributed by atoms with Crippen molar-refractivity contribution in [1.29, 1.82) is 0 Å². The number of sulfonamides is 1. The molecule has 0 saturated carbocycles. The first kappa shape index (κ1) is 16.7. The van der Waals surface area contributed by atoms with Gasteiger partial charge in [0.2, 0.25) is 10.0 Å². The summed E-state index contributed by atoms with van der Waals surface area (Å²) in [4.78, 5) is 16.9. The van der Waals surface area contributed by atoms with Crippen LogP contribution in [0.15, 0.2) is 35.5 Å². The third-order valence-corrected chi connectivity index (χ3v) is 5.73. The molecule has 2 heterocycles. The second-order valence-electron chi connectivity index (χ2n) is 6.21. The standard InChI is InChI=1S/C16H20N4O3S/c1-10(2)11(3)19-16(21)15-13-8-18-24(22,23)14-7-5-4-6-12(14)20(13)9-17-15/h4-7,9-11,18H,8H2,1-3H3,(H,19,21). The van der Waals surface area contributed by atoms with E-state index in [1.807, 2.05) is 20.8 Å². The second-order valence-corrected chi connectivity index (χ2v) is 7.94. The van der Waals surface area contributed by atoms with Crippen LogP contribution in [0.5, 0.6) is 0 Å². The lowest BCUT2D eigenvalue weighted by Gasteiger charge is -2.17. The number of rotatable bonds is 3. The summed E-state index contributed by atoms with van der Waals surface area (Å²) in [7, 11) is -3.63. The van der Waals surface area contributed by atoms with E-state index in [4.69, 9.17) is 0 Å². The summed E-state index contributed by atoms with van der Waals surface area (Å²) < 4.78 is 28.9. The largest absolute Gasteiger partial charge is 0.348 e. The van der Waals surface area contributed by atoms with Crippen LogP contribution in [-0.2, 0) is 16.6 Å². The zero-order chi connectivity index (χ0) is 17.5. The fourth-order valence-electron chi connectivity index (χ4n) is 2.51. The Hall–Kier alpha value is -2.19. The second kappa shape index (κ2) is 6.03. The van der Waals surface area contributed by atoms with Crippen LogP contribution in [0.1, 0.15) is 37.0 Å². The Morgan fingerprint density at radius 3 is 2.71 bits per heavy atom. The van der Waals surface area contributed by atoms with E-state index < -0.39 is 10.0 Å². The van der Waals surface area contributed by atoms with E-state index in [9.17, 15) is 13.2 Å². The summed E-state index contributed by atoms with van der Waals surface area (Å²) in [5, 5.41) is 2.90. The Labute approximate surface area is 141 Å². The summed E-state index contributed by atoms with van der Waals surface area (Å²) in [6.45, 7) is 5.97. The van der Waals surface area contributed by atoms with Gasteiger partial charge in [-0.25, -0.2) is 18.1 Å². The highest BCUT2D eigenvalue weighted by atomic mass is 32.2. The Morgan fingerprint density at radius 2 is 2.00 bits per heavy atom. The first-order chi connectivity index (χ1) is 11.3. The van der Waals surface area contributed by atoms with Gasteiger partial charge in [0, 0.05) is 6.04 Å². The molecule has 2 N–H and O–H groups in total. The topological polar surface area (TPSA) is 93.1 Å². The molecule has 128 valence electrons. The van der Waals surface area contributed by atoms with Gasteiger partial charge < -0.3 is 5.32 Å². The molecule has 7 nitrogen and oxygen atoms in total. The quantitative estimate of drug-likeness (QED) is 0.878. The lowest BCUT2D eigenvalue weighted by Crippen LogP contribution is -2.37. The molecule has 1 aliphatic rings. The van der Waals surface area contributed by atoms with Crippen LogP contribution in [0, 0.1) is 5.92 Å². The van der Waals surface area contributed by atoms with Gasteiger partial charge in [0.05, 0.1) is 17.9 Å². The number of carbonyl (C=O) groups excluding carboxylic acids is 1. The summed E-state index contributed by atoms with van der Waals surface area (Å²) in [6, 6.07) is 6.64. The van der Waals surface area contributed by atoms with Gasteiger partial charge in [-0.3, -0.25) is 9.36 Å². The highest BCUT2D eigenvalue weighted by molar-refractivity contribution is 7.89. The van der Waals surface area contributed by atoms with Crippen LogP contribution >= 0.6 is 0 Å². The highest BCUT2D eigenvalue weighted by Crippen LogP contribution is 2.26. The number of nitrogens with zero attached hydrogens (tertiary/aromatic N) is 2. The number of imidazole rings is 1. The molecule has 1 atom stereocenters. The van der Waals surface area contributed by atoms with Gasteiger partial charge in [0.25, 0.3) is 5.91 Å². The molecule has 1 aromatic carbocycles. The van der Waals surface area contributed by atoms with Crippen LogP contribution in [0.3, 0.4) is 0 Å². The molecule has 0 aliphatic carbocycles. The van der Waals surface area contributed by atoms with Crippen LogP contribution in [0.25, 0.3) is 5.69 Å². The van der Waals surface area contributed by atoms with Gasteiger partial charge in [-0.05, 0) is 25.0 Å².